The summed E-state index contributed by atoms with van der Waals surface area (Å²) in [6.07, 6.45) is 0.264. The molecule has 0 bridgehead atoms. The molecule has 1 N–H and O–H groups in total. The molecule has 126 valence electrons. The smallest absolute Gasteiger partial charge is 0.254 e. The SMILES string of the molecule is Cc1cc(=O)n2c(n1)SC[C@H]2CC(=O)Nc1ccc(N(C)C)cc1. The average molecular weight is 344 g/mol. The lowest BCUT2D eigenvalue weighted by molar-refractivity contribution is -0.116. The Morgan fingerprint density at radius 2 is 2.08 bits per heavy atom. The van der Waals surface area contributed by atoms with Crippen LogP contribution in [0.4, 0.5) is 11.4 Å². The maximum absolute atomic E-state index is 12.3. The number of aryl methyl sites for hydroxylation is 1. The number of rotatable bonds is 4. The van der Waals surface area contributed by atoms with Crippen molar-refractivity contribution in [3.63, 3.8) is 0 Å². The molecule has 1 atom stereocenters. The van der Waals surface area contributed by atoms with Gasteiger partial charge < -0.3 is 10.2 Å². The monoisotopic (exact) mass is 344 g/mol. The lowest BCUT2D eigenvalue weighted by atomic mass is 10.2. The molecule has 0 unspecified atom stereocenters. The van der Waals surface area contributed by atoms with Gasteiger partial charge in [-0.2, -0.15) is 0 Å². The van der Waals surface area contributed by atoms with Crippen LogP contribution in [-0.4, -0.2) is 35.3 Å². The highest BCUT2D eigenvalue weighted by molar-refractivity contribution is 7.99. The van der Waals surface area contributed by atoms with Crippen molar-refractivity contribution in [3.8, 4) is 0 Å². The highest BCUT2D eigenvalue weighted by Crippen LogP contribution is 2.32. The topological polar surface area (TPSA) is 67.2 Å². The van der Waals surface area contributed by atoms with Crippen molar-refractivity contribution in [2.45, 2.75) is 24.5 Å². The van der Waals surface area contributed by atoms with Crippen LogP contribution in [0.25, 0.3) is 0 Å². The number of fused-ring (bicyclic) bond motifs is 1. The minimum Gasteiger partial charge on any atom is -0.378 e. The van der Waals surface area contributed by atoms with Gasteiger partial charge in [-0.05, 0) is 31.2 Å². The van der Waals surface area contributed by atoms with E-state index in [1.54, 1.807) is 11.5 Å². The van der Waals surface area contributed by atoms with Crippen LogP contribution in [0.1, 0.15) is 18.2 Å². The Morgan fingerprint density at radius 3 is 2.75 bits per heavy atom. The third kappa shape index (κ3) is 3.46. The normalized spacial score (nSPS) is 15.9. The van der Waals surface area contributed by atoms with Crippen LogP contribution in [0.2, 0.25) is 0 Å². The second kappa shape index (κ2) is 6.68. The minimum atomic E-state index is -0.147. The van der Waals surface area contributed by atoms with Gasteiger partial charge in [-0.3, -0.25) is 14.2 Å². The first kappa shape index (κ1) is 16.6. The predicted octanol–water partition coefficient (Wildman–Crippen LogP) is 2.29. The minimum absolute atomic E-state index is 0.0874. The molecular formula is C17H20N4O2S. The third-order valence-corrected chi connectivity index (χ3v) is 5.00. The molecular weight excluding hydrogens is 324 g/mol. The van der Waals surface area contributed by atoms with Crippen molar-refractivity contribution in [3.05, 3.63) is 46.4 Å². The second-order valence-electron chi connectivity index (χ2n) is 6.05. The first-order valence-electron chi connectivity index (χ1n) is 7.74. The Morgan fingerprint density at radius 1 is 1.38 bits per heavy atom. The van der Waals surface area contributed by atoms with Crippen LogP contribution >= 0.6 is 11.8 Å². The van der Waals surface area contributed by atoms with E-state index in [9.17, 15) is 9.59 Å². The van der Waals surface area contributed by atoms with Gasteiger partial charge in [0.05, 0.1) is 6.04 Å². The van der Waals surface area contributed by atoms with E-state index in [2.05, 4.69) is 10.3 Å². The molecule has 1 aromatic heterocycles. The van der Waals surface area contributed by atoms with E-state index < -0.39 is 0 Å². The number of carbonyl (C=O) groups is 1. The maximum Gasteiger partial charge on any atom is 0.254 e. The number of nitrogens with zero attached hydrogens (tertiary/aromatic N) is 3. The Kier molecular flexibility index (Phi) is 4.62. The van der Waals surface area contributed by atoms with Crippen molar-refractivity contribution in [1.82, 2.24) is 9.55 Å². The highest BCUT2D eigenvalue weighted by Gasteiger charge is 2.27. The van der Waals surface area contributed by atoms with Crippen LogP contribution < -0.4 is 15.8 Å². The number of hydrogen-bond donors (Lipinski definition) is 1. The fourth-order valence-corrected chi connectivity index (χ4v) is 3.88. The lowest BCUT2D eigenvalue weighted by Crippen LogP contribution is -2.27. The summed E-state index contributed by atoms with van der Waals surface area (Å²) in [6.45, 7) is 1.81. The highest BCUT2D eigenvalue weighted by atomic mass is 32.2. The second-order valence-corrected chi connectivity index (χ2v) is 7.03. The summed E-state index contributed by atoms with van der Waals surface area (Å²) >= 11 is 1.52. The van der Waals surface area contributed by atoms with Gasteiger partial charge in [0, 0.05) is 49.4 Å². The molecule has 2 heterocycles. The van der Waals surface area contributed by atoms with E-state index in [-0.39, 0.29) is 23.9 Å². The summed E-state index contributed by atoms with van der Waals surface area (Å²) < 4.78 is 1.63. The standard InChI is InChI=1S/C17H20N4O2S/c1-11-8-16(23)21-14(10-24-17(21)18-11)9-15(22)19-12-4-6-13(7-5-12)20(2)3/h4-8,14H,9-10H2,1-3H3,(H,19,22)/t14-/m1/s1. The van der Waals surface area contributed by atoms with Gasteiger partial charge in [0.1, 0.15) is 0 Å². The third-order valence-electron chi connectivity index (χ3n) is 3.91. The number of nitrogens with one attached hydrogen (secondary N) is 1. The van der Waals surface area contributed by atoms with E-state index in [0.29, 0.717) is 16.6 Å². The largest absolute Gasteiger partial charge is 0.378 e. The zero-order valence-corrected chi connectivity index (χ0v) is 14.8. The molecule has 24 heavy (non-hydrogen) atoms. The summed E-state index contributed by atoms with van der Waals surface area (Å²) in [5.41, 5.74) is 2.45. The first-order valence-corrected chi connectivity index (χ1v) is 8.73. The van der Waals surface area contributed by atoms with Crippen LogP contribution in [0.3, 0.4) is 0 Å². The maximum atomic E-state index is 12.3. The fraction of sp³-hybridized carbons (Fsp3) is 0.353. The van der Waals surface area contributed by atoms with E-state index in [1.807, 2.05) is 43.3 Å². The first-order chi connectivity index (χ1) is 11.4. The molecule has 0 saturated heterocycles. The van der Waals surface area contributed by atoms with Crippen LogP contribution in [0, 0.1) is 6.92 Å². The molecule has 0 spiro atoms. The molecule has 7 heteroatoms. The van der Waals surface area contributed by atoms with Gasteiger partial charge in [-0.1, -0.05) is 11.8 Å². The molecule has 2 aromatic rings. The number of amides is 1. The quantitative estimate of drug-likeness (QED) is 0.862. The van der Waals surface area contributed by atoms with Gasteiger partial charge in [-0.15, -0.1) is 0 Å². The number of benzene rings is 1. The molecule has 0 fully saturated rings. The van der Waals surface area contributed by atoms with E-state index in [0.717, 1.165) is 11.4 Å². The average Bonchev–Trinajstić information content (AvgIpc) is 2.90. The van der Waals surface area contributed by atoms with E-state index >= 15 is 0 Å². The van der Waals surface area contributed by atoms with Gasteiger partial charge >= 0.3 is 0 Å². The molecule has 6 nitrogen and oxygen atoms in total. The Labute approximate surface area is 144 Å². The fourth-order valence-electron chi connectivity index (χ4n) is 2.68. The lowest BCUT2D eigenvalue weighted by Gasteiger charge is -2.15. The summed E-state index contributed by atoms with van der Waals surface area (Å²) in [7, 11) is 3.94. The number of hydrogen-bond acceptors (Lipinski definition) is 5. The number of thioether (sulfide) groups is 1. The van der Waals surface area contributed by atoms with Gasteiger partial charge in [0.25, 0.3) is 5.56 Å². The summed E-state index contributed by atoms with van der Waals surface area (Å²) in [5.74, 6) is 0.595. The van der Waals surface area contributed by atoms with Crippen molar-refractivity contribution in [1.29, 1.82) is 0 Å². The molecule has 1 aliphatic heterocycles. The molecule has 1 aromatic carbocycles. The Bertz CT molecular complexity index is 814. The van der Waals surface area contributed by atoms with Crippen LogP contribution in [0.5, 0.6) is 0 Å². The van der Waals surface area contributed by atoms with Gasteiger partial charge in [-0.25, -0.2) is 4.98 Å². The van der Waals surface area contributed by atoms with E-state index in [4.69, 9.17) is 0 Å². The summed E-state index contributed by atoms with van der Waals surface area (Å²) in [6, 6.07) is 9.02. The van der Waals surface area contributed by atoms with Crippen molar-refractivity contribution < 1.29 is 4.79 Å². The molecule has 1 amide bonds. The molecule has 3 rings (SSSR count). The van der Waals surface area contributed by atoms with Crippen LogP contribution in [-0.2, 0) is 4.79 Å². The summed E-state index contributed by atoms with van der Waals surface area (Å²) in [4.78, 5) is 30.8. The van der Waals surface area contributed by atoms with Crippen molar-refractivity contribution in [2.24, 2.45) is 0 Å². The summed E-state index contributed by atoms with van der Waals surface area (Å²) in [5, 5.41) is 3.60. The molecule has 0 aliphatic carbocycles. The van der Waals surface area contributed by atoms with E-state index in [1.165, 1.54) is 17.8 Å². The number of anilines is 2. The Balaban J connectivity index is 1.68. The van der Waals surface area contributed by atoms with Crippen LogP contribution in [0.15, 0.2) is 40.3 Å². The molecule has 0 radical (unpaired) electrons. The number of aromatic nitrogens is 2. The van der Waals surface area contributed by atoms with Gasteiger partial charge in [0.2, 0.25) is 5.91 Å². The van der Waals surface area contributed by atoms with Crippen molar-refractivity contribution in [2.75, 3.05) is 30.1 Å². The molecule has 1 aliphatic rings. The Hall–Kier alpha value is -2.28. The zero-order valence-electron chi connectivity index (χ0n) is 13.9. The van der Waals surface area contributed by atoms with Crippen molar-refractivity contribution >= 4 is 29.0 Å². The zero-order chi connectivity index (χ0) is 17.3. The van der Waals surface area contributed by atoms with Gasteiger partial charge in [0.15, 0.2) is 5.16 Å². The molecule has 0 saturated carbocycles. The predicted molar refractivity (Wildman–Crippen MR) is 97.0 cm³/mol. The number of carbonyl (C=O) groups excluding carboxylic acids is 1.